The predicted molar refractivity (Wildman–Crippen MR) is 78.7 cm³/mol. The molecule has 0 saturated heterocycles. The fourth-order valence-electron chi connectivity index (χ4n) is 1.45. The highest BCUT2D eigenvalue weighted by Gasteiger charge is 2.07. The highest BCUT2D eigenvalue weighted by Crippen LogP contribution is 2.12. The number of carbonyl (C=O) groups excluding carboxylic acids is 1. The van der Waals surface area contributed by atoms with Crippen LogP contribution in [-0.2, 0) is 16.1 Å². The highest BCUT2D eigenvalue weighted by atomic mass is 16.5. The van der Waals surface area contributed by atoms with Crippen molar-refractivity contribution in [3.05, 3.63) is 11.9 Å². The number of hydrogen-bond acceptors (Lipinski definition) is 6. The number of anilines is 2. The number of hydrogen-bond donors (Lipinski definition) is 2. The molecule has 0 aliphatic rings. The lowest BCUT2D eigenvalue weighted by Gasteiger charge is -2.13. The minimum absolute atomic E-state index is 0.0139. The van der Waals surface area contributed by atoms with Crippen molar-refractivity contribution < 1.29 is 9.53 Å². The molecule has 0 radical (unpaired) electrons. The van der Waals surface area contributed by atoms with Crippen molar-refractivity contribution in [3.8, 4) is 0 Å². The lowest BCUT2D eigenvalue weighted by Crippen LogP contribution is -2.29. The van der Waals surface area contributed by atoms with Gasteiger partial charge in [0, 0.05) is 33.8 Å². The number of likely N-dealkylation sites (N-methyl/N-ethyl adjacent to an activating group) is 1. The van der Waals surface area contributed by atoms with E-state index in [-0.39, 0.29) is 12.5 Å². The second kappa shape index (κ2) is 8.31. The summed E-state index contributed by atoms with van der Waals surface area (Å²) >= 11 is 0. The lowest BCUT2D eigenvalue weighted by atomic mass is 10.4. The minimum atomic E-state index is -0.0139. The summed E-state index contributed by atoms with van der Waals surface area (Å²) in [6, 6.07) is 1.79. The van der Waals surface area contributed by atoms with Crippen LogP contribution in [0, 0.1) is 0 Å². The molecular weight excluding hydrogens is 258 g/mol. The number of ether oxygens (including phenoxy) is 1. The molecule has 0 aromatic carbocycles. The van der Waals surface area contributed by atoms with E-state index in [0.29, 0.717) is 18.2 Å². The summed E-state index contributed by atoms with van der Waals surface area (Å²) < 4.78 is 5.05. The van der Waals surface area contributed by atoms with Gasteiger partial charge < -0.3 is 20.3 Å². The Morgan fingerprint density at radius 2 is 1.95 bits per heavy atom. The molecule has 7 heteroatoms. The summed E-state index contributed by atoms with van der Waals surface area (Å²) in [7, 11) is 5.03. The molecule has 0 fully saturated rings. The molecule has 1 aromatic heterocycles. The molecule has 0 bridgehead atoms. The number of nitrogens with one attached hydrogen (secondary N) is 2. The Balaban J connectivity index is 2.76. The Hall–Kier alpha value is -1.89. The predicted octanol–water partition coefficient (Wildman–Crippen LogP) is 0.945. The van der Waals surface area contributed by atoms with Crippen LogP contribution in [0.1, 0.15) is 19.2 Å². The fraction of sp³-hybridized carbons (Fsp3) is 0.615. The Bertz CT molecular complexity index is 437. The van der Waals surface area contributed by atoms with Crippen molar-refractivity contribution in [3.63, 3.8) is 0 Å². The second-order valence-corrected chi connectivity index (χ2v) is 4.56. The van der Waals surface area contributed by atoms with Crippen LogP contribution in [0.5, 0.6) is 0 Å². The van der Waals surface area contributed by atoms with Crippen molar-refractivity contribution >= 4 is 17.5 Å². The van der Waals surface area contributed by atoms with Crippen LogP contribution in [0.4, 0.5) is 11.6 Å². The molecule has 1 amide bonds. The highest BCUT2D eigenvalue weighted by molar-refractivity contribution is 5.80. The maximum atomic E-state index is 11.6. The molecule has 7 nitrogen and oxygen atoms in total. The van der Waals surface area contributed by atoms with E-state index in [2.05, 4.69) is 27.5 Å². The van der Waals surface area contributed by atoms with E-state index in [0.717, 1.165) is 18.8 Å². The van der Waals surface area contributed by atoms with Crippen LogP contribution in [0.2, 0.25) is 0 Å². The molecule has 0 atom stereocenters. The van der Waals surface area contributed by atoms with E-state index < -0.39 is 0 Å². The van der Waals surface area contributed by atoms with Crippen LogP contribution < -0.4 is 10.6 Å². The largest absolute Gasteiger partial charge is 0.377 e. The van der Waals surface area contributed by atoms with Crippen LogP contribution in [0.15, 0.2) is 6.07 Å². The summed E-state index contributed by atoms with van der Waals surface area (Å²) in [5.41, 5.74) is 0. The molecule has 1 aromatic rings. The maximum Gasteiger partial charge on any atom is 0.241 e. The third-order valence-electron chi connectivity index (χ3n) is 2.52. The van der Waals surface area contributed by atoms with Gasteiger partial charge in [0.05, 0.1) is 6.54 Å². The molecule has 1 heterocycles. The Labute approximate surface area is 119 Å². The maximum absolute atomic E-state index is 11.6. The molecule has 0 spiro atoms. The minimum Gasteiger partial charge on any atom is -0.377 e. The molecular formula is C13H23N5O2. The lowest BCUT2D eigenvalue weighted by molar-refractivity contribution is -0.126. The quantitative estimate of drug-likeness (QED) is 0.738. The van der Waals surface area contributed by atoms with Gasteiger partial charge in [0.15, 0.2) is 5.82 Å². The number of nitrogens with zero attached hydrogens (tertiary/aromatic N) is 3. The summed E-state index contributed by atoms with van der Waals surface area (Å²) in [5, 5.41) is 6.21. The van der Waals surface area contributed by atoms with Gasteiger partial charge in [0.25, 0.3) is 0 Å². The van der Waals surface area contributed by atoms with Gasteiger partial charge >= 0.3 is 0 Å². The molecule has 0 unspecified atom stereocenters. The van der Waals surface area contributed by atoms with Gasteiger partial charge in [0.2, 0.25) is 5.91 Å². The van der Waals surface area contributed by atoms with Crippen molar-refractivity contribution in [2.75, 3.05) is 44.9 Å². The number of carbonyl (C=O) groups is 1. The first-order chi connectivity index (χ1) is 9.56. The Morgan fingerprint density at radius 3 is 2.50 bits per heavy atom. The number of amides is 1. The normalized spacial score (nSPS) is 10.2. The van der Waals surface area contributed by atoms with Crippen molar-refractivity contribution in [2.45, 2.75) is 20.0 Å². The zero-order valence-electron chi connectivity index (χ0n) is 12.6. The molecule has 0 aliphatic carbocycles. The topological polar surface area (TPSA) is 79.4 Å². The average molecular weight is 281 g/mol. The summed E-state index contributed by atoms with van der Waals surface area (Å²) in [5.74, 6) is 1.91. The molecule has 20 heavy (non-hydrogen) atoms. The van der Waals surface area contributed by atoms with Gasteiger partial charge in [-0.2, -0.15) is 0 Å². The van der Waals surface area contributed by atoms with Crippen LogP contribution in [0.3, 0.4) is 0 Å². The van der Waals surface area contributed by atoms with E-state index in [4.69, 9.17) is 4.74 Å². The van der Waals surface area contributed by atoms with E-state index >= 15 is 0 Å². The van der Waals surface area contributed by atoms with Gasteiger partial charge in [-0.1, -0.05) is 6.92 Å². The smallest absolute Gasteiger partial charge is 0.241 e. The van der Waals surface area contributed by atoms with Gasteiger partial charge in [-0.25, -0.2) is 9.97 Å². The first-order valence-corrected chi connectivity index (χ1v) is 6.61. The molecule has 1 rings (SSSR count). The summed E-state index contributed by atoms with van der Waals surface area (Å²) in [6.07, 6.45) is 1.01. The summed E-state index contributed by atoms with van der Waals surface area (Å²) in [6.45, 7) is 3.44. The van der Waals surface area contributed by atoms with Crippen molar-refractivity contribution in [1.29, 1.82) is 0 Å². The SMILES string of the molecule is CCCNc1cc(NCC(=O)N(C)C)nc(COC)n1. The Morgan fingerprint density at radius 1 is 1.30 bits per heavy atom. The third-order valence-corrected chi connectivity index (χ3v) is 2.52. The Kier molecular flexibility index (Phi) is 6.72. The number of methoxy groups -OCH3 is 1. The van der Waals surface area contributed by atoms with Crippen LogP contribution in [0.25, 0.3) is 0 Å². The zero-order valence-corrected chi connectivity index (χ0v) is 12.6. The number of rotatable bonds is 8. The van der Waals surface area contributed by atoms with Crippen LogP contribution in [-0.4, -0.2) is 55.1 Å². The molecule has 0 aliphatic heterocycles. The van der Waals surface area contributed by atoms with Gasteiger partial charge in [-0.05, 0) is 6.42 Å². The number of aromatic nitrogens is 2. The third kappa shape index (κ3) is 5.40. The van der Waals surface area contributed by atoms with Gasteiger partial charge in [-0.15, -0.1) is 0 Å². The first kappa shape index (κ1) is 16.2. The van der Waals surface area contributed by atoms with Gasteiger partial charge in [-0.3, -0.25) is 4.79 Å². The zero-order chi connectivity index (χ0) is 15.0. The standard InChI is InChI=1S/C13H23N5O2/c1-5-6-14-10-7-11(15-8-13(19)18(2)3)17-12(16-10)9-20-4/h7H,5-6,8-9H2,1-4H3,(H2,14,15,16,17). The molecule has 0 saturated carbocycles. The molecule has 112 valence electrons. The van der Waals surface area contributed by atoms with Crippen molar-refractivity contribution in [2.24, 2.45) is 0 Å². The summed E-state index contributed by atoms with van der Waals surface area (Å²) in [4.78, 5) is 21.7. The van der Waals surface area contributed by atoms with E-state index in [9.17, 15) is 4.79 Å². The van der Waals surface area contributed by atoms with E-state index in [1.807, 2.05) is 0 Å². The fourth-order valence-corrected chi connectivity index (χ4v) is 1.45. The van der Waals surface area contributed by atoms with E-state index in [1.54, 1.807) is 27.3 Å². The monoisotopic (exact) mass is 281 g/mol. The average Bonchev–Trinajstić information content (AvgIpc) is 2.42. The molecule has 2 N–H and O–H groups in total. The van der Waals surface area contributed by atoms with Crippen LogP contribution >= 0.6 is 0 Å². The van der Waals surface area contributed by atoms with Crippen molar-refractivity contribution in [1.82, 2.24) is 14.9 Å². The first-order valence-electron chi connectivity index (χ1n) is 6.61. The second-order valence-electron chi connectivity index (χ2n) is 4.56. The van der Waals surface area contributed by atoms with Gasteiger partial charge in [0.1, 0.15) is 18.2 Å². The van der Waals surface area contributed by atoms with E-state index in [1.165, 1.54) is 4.90 Å².